The number of pyridine rings is 1. The number of benzene rings is 2. The maximum Gasteiger partial charge on any atom is 0.416 e. The number of rotatable bonds is 3. The van der Waals surface area contributed by atoms with Gasteiger partial charge in [0.05, 0.1) is 17.0 Å². The first-order chi connectivity index (χ1) is 13.7. The Morgan fingerprint density at radius 1 is 1.07 bits per heavy atom. The number of hydrogen-bond acceptors (Lipinski definition) is 1. The normalized spacial score (nSPS) is 11.9. The van der Waals surface area contributed by atoms with Crippen molar-refractivity contribution in [2.24, 2.45) is 0 Å². The van der Waals surface area contributed by atoms with E-state index in [0.29, 0.717) is 22.1 Å². The molecular formula is C22H15BrClF3N2. The van der Waals surface area contributed by atoms with Gasteiger partial charge in [-0.3, -0.25) is 0 Å². The monoisotopic (exact) mass is 478 g/mol. The first-order valence-electron chi connectivity index (χ1n) is 8.82. The zero-order valence-corrected chi connectivity index (χ0v) is 17.6. The Balaban J connectivity index is 1.96. The molecule has 0 amide bonds. The number of nitrogens with zero attached hydrogens (tertiary/aromatic N) is 2. The van der Waals surface area contributed by atoms with Crippen molar-refractivity contribution < 1.29 is 13.2 Å². The average molecular weight is 480 g/mol. The van der Waals surface area contributed by atoms with Crippen molar-refractivity contribution in [2.45, 2.75) is 19.5 Å². The summed E-state index contributed by atoms with van der Waals surface area (Å²) >= 11 is 9.49. The molecule has 0 bridgehead atoms. The Morgan fingerprint density at radius 2 is 1.76 bits per heavy atom. The minimum absolute atomic E-state index is 0.0880. The van der Waals surface area contributed by atoms with E-state index in [-0.39, 0.29) is 12.0 Å². The summed E-state index contributed by atoms with van der Waals surface area (Å²) in [7, 11) is 0. The molecule has 7 heteroatoms. The number of fused-ring (bicyclic) bond motifs is 1. The molecule has 0 aliphatic rings. The van der Waals surface area contributed by atoms with Crippen molar-refractivity contribution in [1.82, 2.24) is 9.38 Å². The highest BCUT2D eigenvalue weighted by Crippen LogP contribution is 2.35. The molecule has 0 unspecified atom stereocenters. The molecule has 2 aromatic heterocycles. The average Bonchev–Trinajstić information content (AvgIpc) is 3.01. The van der Waals surface area contributed by atoms with Gasteiger partial charge in [-0.2, -0.15) is 13.2 Å². The van der Waals surface area contributed by atoms with Crippen LogP contribution in [0.15, 0.2) is 65.3 Å². The molecular weight excluding hydrogens is 465 g/mol. The Kier molecular flexibility index (Phi) is 5.17. The topological polar surface area (TPSA) is 17.3 Å². The molecule has 4 aromatic rings. The van der Waals surface area contributed by atoms with E-state index in [1.165, 1.54) is 12.1 Å². The summed E-state index contributed by atoms with van der Waals surface area (Å²) in [5.41, 5.74) is 3.32. The van der Waals surface area contributed by atoms with Gasteiger partial charge in [0.15, 0.2) is 0 Å². The molecule has 2 nitrogen and oxygen atoms in total. The van der Waals surface area contributed by atoms with Crippen molar-refractivity contribution >= 4 is 33.2 Å². The van der Waals surface area contributed by atoms with Gasteiger partial charge in [0, 0.05) is 27.7 Å². The summed E-state index contributed by atoms with van der Waals surface area (Å²) in [5, 5.41) is 0.584. The van der Waals surface area contributed by atoms with Gasteiger partial charge in [-0.1, -0.05) is 41.9 Å². The van der Waals surface area contributed by atoms with Gasteiger partial charge in [0.25, 0.3) is 0 Å². The van der Waals surface area contributed by atoms with Crippen molar-refractivity contribution in [3.8, 4) is 11.3 Å². The second-order valence-corrected chi connectivity index (χ2v) is 8.13. The van der Waals surface area contributed by atoms with Crippen LogP contribution in [0.4, 0.5) is 13.2 Å². The Bertz CT molecular complexity index is 1200. The summed E-state index contributed by atoms with van der Waals surface area (Å²) in [5.74, 6) is 0. The first-order valence-corrected chi connectivity index (χ1v) is 9.99. The third-order valence-corrected chi connectivity index (χ3v) is 5.45. The molecule has 0 saturated carbocycles. The van der Waals surface area contributed by atoms with Gasteiger partial charge in [-0.25, -0.2) is 4.98 Å². The van der Waals surface area contributed by atoms with Gasteiger partial charge in [-0.05, 0) is 58.2 Å². The number of aryl methyl sites for hydroxylation is 1. The first kappa shape index (κ1) is 20.0. The SMILES string of the molecule is Cc1cc(Br)cn2c(Cc3ccccc3C(F)(F)F)c(-c3ccc(Cl)cc3)nc12. The highest BCUT2D eigenvalue weighted by molar-refractivity contribution is 9.10. The largest absolute Gasteiger partial charge is 0.416 e. The third-order valence-electron chi connectivity index (χ3n) is 4.77. The van der Waals surface area contributed by atoms with E-state index in [9.17, 15) is 13.2 Å². The number of halogens is 5. The van der Waals surface area contributed by atoms with Crippen LogP contribution in [0.2, 0.25) is 5.02 Å². The summed E-state index contributed by atoms with van der Waals surface area (Å²) in [6.45, 7) is 1.92. The predicted octanol–water partition coefficient (Wildman–Crippen LogP) is 7.34. The Morgan fingerprint density at radius 3 is 2.45 bits per heavy atom. The van der Waals surface area contributed by atoms with Crippen LogP contribution < -0.4 is 0 Å². The molecule has 29 heavy (non-hydrogen) atoms. The van der Waals surface area contributed by atoms with Crippen LogP contribution >= 0.6 is 27.5 Å². The molecule has 0 saturated heterocycles. The van der Waals surface area contributed by atoms with Gasteiger partial charge < -0.3 is 4.40 Å². The fourth-order valence-corrected chi connectivity index (χ4v) is 4.13. The van der Waals surface area contributed by atoms with Crippen molar-refractivity contribution in [2.75, 3.05) is 0 Å². The van der Waals surface area contributed by atoms with Crippen LogP contribution in [0.3, 0.4) is 0 Å². The highest BCUT2D eigenvalue weighted by atomic mass is 79.9. The quantitative estimate of drug-likeness (QED) is 0.300. The molecule has 0 aliphatic carbocycles. The lowest BCUT2D eigenvalue weighted by atomic mass is 9.99. The van der Waals surface area contributed by atoms with Gasteiger partial charge in [0.1, 0.15) is 5.65 Å². The minimum atomic E-state index is -4.42. The number of imidazole rings is 1. The molecule has 2 heterocycles. The molecule has 0 atom stereocenters. The lowest BCUT2D eigenvalue weighted by Crippen LogP contribution is -2.10. The maximum atomic E-state index is 13.5. The molecule has 0 N–H and O–H groups in total. The fourth-order valence-electron chi connectivity index (χ4n) is 3.45. The molecule has 0 radical (unpaired) electrons. The molecule has 0 fully saturated rings. The zero-order valence-electron chi connectivity index (χ0n) is 15.3. The van der Waals surface area contributed by atoms with Crippen LogP contribution in [-0.4, -0.2) is 9.38 Å². The van der Waals surface area contributed by atoms with Crippen LogP contribution in [0.25, 0.3) is 16.9 Å². The summed E-state index contributed by atoms with van der Waals surface area (Å²) in [4.78, 5) is 4.76. The van der Waals surface area contributed by atoms with Gasteiger partial charge >= 0.3 is 6.18 Å². The summed E-state index contributed by atoms with van der Waals surface area (Å²) in [6.07, 6.45) is -2.50. The zero-order chi connectivity index (χ0) is 20.8. The molecule has 0 spiro atoms. The summed E-state index contributed by atoms with van der Waals surface area (Å²) < 4.78 is 43.3. The predicted molar refractivity (Wildman–Crippen MR) is 112 cm³/mol. The van der Waals surface area contributed by atoms with Crippen LogP contribution in [0, 0.1) is 6.92 Å². The van der Waals surface area contributed by atoms with E-state index >= 15 is 0 Å². The molecule has 148 valence electrons. The smallest absolute Gasteiger partial charge is 0.302 e. The maximum absolute atomic E-state index is 13.5. The Labute approximate surface area is 179 Å². The third kappa shape index (κ3) is 3.91. The Hall–Kier alpha value is -2.31. The standard InChI is InChI=1S/C22H15BrClF3N2/c1-13-10-16(23)12-29-19(11-15-4-2-3-5-18(15)22(25,26)27)20(28-21(13)29)14-6-8-17(24)9-7-14/h2-10,12H,11H2,1H3. The van der Waals surface area contributed by atoms with E-state index in [1.807, 2.05) is 35.7 Å². The summed E-state index contributed by atoms with van der Waals surface area (Å²) in [6, 6.07) is 14.7. The van der Waals surface area contributed by atoms with Crippen LogP contribution in [0.1, 0.15) is 22.4 Å². The van der Waals surface area contributed by atoms with Gasteiger partial charge in [0.2, 0.25) is 0 Å². The lowest BCUT2D eigenvalue weighted by molar-refractivity contribution is -0.138. The number of alkyl halides is 3. The lowest BCUT2D eigenvalue weighted by Gasteiger charge is -2.13. The minimum Gasteiger partial charge on any atom is -0.302 e. The van der Waals surface area contributed by atoms with E-state index in [1.54, 1.807) is 18.2 Å². The van der Waals surface area contributed by atoms with E-state index in [0.717, 1.165) is 21.7 Å². The van der Waals surface area contributed by atoms with Crippen molar-refractivity contribution in [3.05, 3.63) is 92.7 Å². The van der Waals surface area contributed by atoms with Crippen LogP contribution in [-0.2, 0) is 12.6 Å². The molecule has 0 aliphatic heterocycles. The second kappa shape index (κ2) is 7.50. The number of hydrogen-bond donors (Lipinski definition) is 0. The van der Waals surface area contributed by atoms with Crippen LogP contribution in [0.5, 0.6) is 0 Å². The fraction of sp³-hybridized carbons (Fsp3) is 0.136. The second-order valence-electron chi connectivity index (χ2n) is 6.78. The molecule has 2 aromatic carbocycles. The van der Waals surface area contributed by atoms with E-state index in [2.05, 4.69) is 15.9 Å². The molecule has 4 rings (SSSR count). The van der Waals surface area contributed by atoms with E-state index < -0.39 is 11.7 Å². The van der Waals surface area contributed by atoms with E-state index in [4.69, 9.17) is 16.6 Å². The van der Waals surface area contributed by atoms with Crippen molar-refractivity contribution in [3.63, 3.8) is 0 Å². The van der Waals surface area contributed by atoms with Crippen molar-refractivity contribution in [1.29, 1.82) is 0 Å². The van der Waals surface area contributed by atoms with Gasteiger partial charge in [-0.15, -0.1) is 0 Å². The highest BCUT2D eigenvalue weighted by Gasteiger charge is 2.33. The number of aromatic nitrogens is 2.